The van der Waals surface area contributed by atoms with Crippen molar-refractivity contribution in [1.29, 1.82) is 0 Å². The molecule has 35 heavy (non-hydrogen) atoms. The Morgan fingerprint density at radius 3 is 2.43 bits per heavy atom. The van der Waals surface area contributed by atoms with E-state index in [2.05, 4.69) is 31.8 Å². The molecule has 0 aliphatic carbocycles. The third-order valence-corrected chi connectivity index (χ3v) is 6.03. The lowest BCUT2D eigenvalue weighted by Gasteiger charge is -2.12. The van der Waals surface area contributed by atoms with Crippen molar-refractivity contribution in [2.24, 2.45) is 5.10 Å². The minimum absolute atomic E-state index is 0.213. The van der Waals surface area contributed by atoms with E-state index in [1.165, 1.54) is 7.11 Å². The molecule has 3 aromatic rings. The zero-order chi connectivity index (χ0) is 25.5. The third kappa shape index (κ3) is 6.46. The quantitative estimate of drug-likeness (QED) is 0.144. The average Bonchev–Trinajstić information content (AvgIpc) is 2.85. The summed E-state index contributed by atoms with van der Waals surface area (Å²) in [5.41, 5.74) is 4.63. The number of nitrogens with zero attached hydrogens (tertiary/aromatic N) is 1. The van der Waals surface area contributed by atoms with E-state index in [1.807, 2.05) is 0 Å². The monoisotopic (exact) mass is 557 g/mol. The molecule has 0 bridgehead atoms. The molecule has 0 fully saturated rings. The minimum Gasteiger partial charge on any atom is -0.493 e. The largest absolute Gasteiger partial charge is 0.493 e. The van der Waals surface area contributed by atoms with E-state index in [1.54, 1.807) is 74.5 Å². The second kappa shape index (κ2) is 11.6. The van der Waals surface area contributed by atoms with Crippen molar-refractivity contribution in [3.8, 4) is 11.5 Å². The molecule has 180 valence electrons. The Morgan fingerprint density at radius 1 is 0.971 bits per heavy atom. The van der Waals surface area contributed by atoms with E-state index in [0.717, 1.165) is 0 Å². The van der Waals surface area contributed by atoms with E-state index in [-0.39, 0.29) is 11.5 Å². The molecule has 0 aliphatic rings. The second-order valence-electron chi connectivity index (χ2n) is 7.24. The van der Waals surface area contributed by atoms with Gasteiger partial charge < -0.3 is 14.8 Å². The van der Waals surface area contributed by atoms with Crippen molar-refractivity contribution in [1.82, 2.24) is 5.43 Å². The summed E-state index contributed by atoms with van der Waals surface area (Å²) in [5.74, 6) is -1.89. The summed E-state index contributed by atoms with van der Waals surface area (Å²) in [6, 6.07) is 16.7. The van der Waals surface area contributed by atoms with Gasteiger partial charge >= 0.3 is 17.8 Å². The molecule has 0 radical (unpaired) electrons. The van der Waals surface area contributed by atoms with Crippen LogP contribution < -0.4 is 20.2 Å². The molecule has 0 spiro atoms. The highest BCUT2D eigenvalue weighted by Gasteiger charge is 2.17. The Morgan fingerprint density at radius 2 is 1.71 bits per heavy atom. The molecule has 8 nitrogen and oxygen atoms in total. The summed E-state index contributed by atoms with van der Waals surface area (Å²) in [4.78, 5) is 36.9. The lowest BCUT2D eigenvalue weighted by molar-refractivity contribution is -0.136. The van der Waals surface area contributed by atoms with E-state index in [4.69, 9.17) is 21.1 Å². The highest BCUT2D eigenvalue weighted by Crippen LogP contribution is 2.30. The van der Waals surface area contributed by atoms with Gasteiger partial charge in [0.25, 0.3) is 0 Å². The van der Waals surface area contributed by atoms with Crippen LogP contribution in [0.3, 0.4) is 0 Å². The number of hydrogen-bond acceptors (Lipinski definition) is 6. The molecule has 3 aromatic carbocycles. The first-order valence-electron chi connectivity index (χ1n) is 10.3. The van der Waals surface area contributed by atoms with Crippen LogP contribution in [-0.4, -0.2) is 30.6 Å². The molecule has 0 heterocycles. The molecule has 3 rings (SSSR count). The van der Waals surface area contributed by atoms with E-state index >= 15 is 0 Å². The molecular formula is C25H21BrClN3O5. The molecule has 2 amide bonds. The van der Waals surface area contributed by atoms with Gasteiger partial charge in [-0.3, -0.25) is 9.59 Å². The number of anilines is 1. The van der Waals surface area contributed by atoms with E-state index < -0.39 is 17.8 Å². The first-order valence-corrected chi connectivity index (χ1v) is 11.4. The van der Waals surface area contributed by atoms with Gasteiger partial charge in [0, 0.05) is 20.7 Å². The summed E-state index contributed by atoms with van der Waals surface area (Å²) >= 11 is 9.36. The molecule has 0 saturated carbocycles. The third-order valence-electron chi connectivity index (χ3n) is 4.93. The van der Waals surface area contributed by atoms with Crippen LogP contribution in [0, 0.1) is 6.92 Å². The van der Waals surface area contributed by atoms with Crippen molar-refractivity contribution >= 4 is 56.7 Å². The number of amides is 2. The Labute approximate surface area is 215 Å². The van der Waals surface area contributed by atoms with Gasteiger partial charge in [-0.15, -0.1) is 0 Å². The summed E-state index contributed by atoms with van der Waals surface area (Å²) in [5, 5.41) is 6.95. The number of esters is 1. The Kier molecular flexibility index (Phi) is 8.62. The molecule has 0 unspecified atom stereocenters. The highest BCUT2D eigenvalue weighted by molar-refractivity contribution is 9.10. The van der Waals surface area contributed by atoms with Crippen molar-refractivity contribution in [3.05, 3.63) is 86.8 Å². The SMILES string of the molecule is COc1cc(/C(C)=N/NC(=O)C(=O)Nc2cccc(Cl)c2C)ccc1OC(=O)c1ccccc1Br. The number of carbonyl (C=O) groups is 3. The maximum atomic E-state index is 12.5. The van der Waals surface area contributed by atoms with Gasteiger partial charge in [-0.05, 0) is 77.8 Å². The van der Waals surface area contributed by atoms with Crippen LogP contribution in [0.1, 0.15) is 28.4 Å². The van der Waals surface area contributed by atoms with Gasteiger partial charge in [0.1, 0.15) is 0 Å². The second-order valence-corrected chi connectivity index (χ2v) is 8.50. The summed E-state index contributed by atoms with van der Waals surface area (Å²) in [6.07, 6.45) is 0. The number of carbonyl (C=O) groups excluding carboxylic acids is 3. The van der Waals surface area contributed by atoms with Crippen molar-refractivity contribution in [2.45, 2.75) is 13.8 Å². The van der Waals surface area contributed by atoms with Crippen LogP contribution in [0.25, 0.3) is 0 Å². The fourth-order valence-corrected chi connectivity index (χ4v) is 3.55. The van der Waals surface area contributed by atoms with Gasteiger partial charge in [-0.2, -0.15) is 5.10 Å². The number of rotatable bonds is 6. The van der Waals surface area contributed by atoms with E-state index in [9.17, 15) is 14.4 Å². The van der Waals surface area contributed by atoms with Crippen LogP contribution in [0.15, 0.2) is 70.2 Å². The molecule has 2 N–H and O–H groups in total. The number of methoxy groups -OCH3 is 1. The van der Waals surface area contributed by atoms with Gasteiger partial charge in [-0.1, -0.05) is 29.8 Å². The standard InChI is InChI=1S/C25H21BrClN3O5/c1-14-19(27)9-6-10-20(14)28-23(31)24(32)30-29-15(2)16-11-12-21(22(13-16)34-3)35-25(33)17-7-4-5-8-18(17)26/h4-13H,1-3H3,(H,28,31)(H,30,32)/b29-15+. The van der Waals surface area contributed by atoms with Crippen LogP contribution in [-0.2, 0) is 9.59 Å². The maximum absolute atomic E-state index is 12.5. The Balaban J connectivity index is 1.69. The summed E-state index contributed by atoms with van der Waals surface area (Å²) in [6.45, 7) is 3.37. The van der Waals surface area contributed by atoms with Gasteiger partial charge in [0.15, 0.2) is 11.5 Å². The van der Waals surface area contributed by atoms with Crippen molar-refractivity contribution in [3.63, 3.8) is 0 Å². The summed E-state index contributed by atoms with van der Waals surface area (Å²) < 4.78 is 11.4. The topological polar surface area (TPSA) is 106 Å². The van der Waals surface area contributed by atoms with Crippen LogP contribution in [0.5, 0.6) is 11.5 Å². The zero-order valence-corrected chi connectivity index (χ0v) is 21.4. The lowest BCUT2D eigenvalue weighted by Crippen LogP contribution is -2.33. The van der Waals surface area contributed by atoms with Crippen molar-refractivity contribution in [2.75, 3.05) is 12.4 Å². The average molecular weight is 559 g/mol. The molecular weight excluding hydrogens is 538 g/mol. The summed E-state index contributed by atoms with van der Waals surface area (Å²) in [7, 11) is 1.44. The normalized spacial score (nSPS) is 10.9. The predicted molar refractivity (Wildman–Crippen MR) is 137 cm³/mol. The highest BCUT2D eigenvalue weighted by atomic mass is 79.9. The Hall–Kier alpha value is -3.69. The van der Waals surface area contributed by atoms with Crippen molar-refractivity contribution < 1.29 is 23.9 Å². The zero-order valence-electron chi connectivity index (χ0n) is 19.0. The fourth-order valence-electron chi connectivity index (χ4n) is 2.93. The molecule has 0 aliphatic heterocycles. The minimum atomic E-state index is -0.949. The van der Waals surface area contributed by atoms with Gasteiger partial charge in [-0.25, -0.2) is 10.2 Å². The number of nitrogens with one attached hydrogen (secondary N) is 2. The number of halogens is 2. The smallest absolute Gasteiger partial charge is 0.344 e. The van der Waals surface area contributed by atoms with Gasteiger partial charge in [0.05, 0.1) is 18.4 Å². The number of benzene rings is 3. The first-order chi connectivity index (χ1) is 16.7. The molecule has 0 aromatic heterocycles. The fraction of sp³-hybridized carbons (Fsp3) is 0.120. The first kappa shape index (κ1) is 25.9. The predicted octanol–water partition coefficient (Wildman–Crippen LogP) is 5.12. The van der Waals surface area contributed by atoms with Gasteiger partial charge in [0.2, 0.25) is 0 Å². The molecule has 10 heteroatoms. The number of ether oxygens (including phenoxy) is 2. The van der Waals surface area contributed by atoms with Crippen LogP contribution >= 0.6 is 27.5 Å². The van der Waals surface area contributed by atoms with Crippen LogP contribution in [0.4, 0.5) is 5.69 Å². The van der Waals surface area contributed by atoms with E-state index in [0.29, 0.717) is 37.6 Å². The lowest BCUT2D eigenvalue weighted by atomic mass is 10.1. The number of hydrogen-bond donors (Lipinski definition) is 2. The Bertz CT molecular complexity index is 1330. The van der Waals surface area contributed by atoms with Crippen LogP contribution in [0.2, 0.25) is 5.02 Å². The molecule has 0 atom stereocenters. The molecule has 0 saturated heterocycles. The number of hydrazone groups is 1. The maximum Gasteiger partial charge on any atom is 0.344 e.